The van der Waals surface area contributed by atoms with Crippen molar-refractivity contribution in [3.05, 3.63) is 23.8 Å². The van der Waals surface area contributed by atoms with Crippen molar-refractivity contribution in [3.8, 4) is 0 Å². The molecule has 1 fully saturated rings. The fourth-order valence-electron chi connectivity index (χ4n) is 2.41. The summed E-state index contributed by atoms with van der Waals surface area (Å²) in [5.41, 5.74) is 8.32. The zero-order valence-electron chi connectivity index (χ0n) is 11.6. The van der Waals surface area contributed by atoms with Gasteiger partial charge < -0.3 is 15.8 Å². The fourth-order valence-corrected chi connectivity index (χ4v) is 2.41. The van der Waals surface area contributed by atoms with E-state index in [1.807, 2.05) is 26.0 Å². The molecule has 1 aromatic carbocycles. The molecular formula is C15H22N2O2. The quantitative estimate of drug-likeness (QED) is 0.802. The summed E-state index contributed by atoms with van der Waals surface area (Å²) >= 11 is 0. The van der Waals surface area contributed by atoms with Crippen molar-refractivity contribution >= 4 is 17.3 Å². The number of carbonyl (C=O) groups is 1. The summed E-state index contributed by atoms with van der Waals surface area (Å²) in [5, 5.41) is 2.90. The molecule has 104 valence electrons. The van der Waals surface area contributed by atoms with Crippen molar-refractivity contribution in [2.75, 3.05) is 17.7 Å². The number of hydrogen-bond acceptors (Lipinski definition) is 3. The molecule has 0 atom stereocenters. The largest absolute Gasteiger partial charge is 0.398 e. The molecule has 1 aromatic rings. The molecule has 3 N–H and O–H groups in total. The Hall–Kier alpha value is -1.55. The van der Waals surface area contributed by atoms with E-state index in [2.05, 4.69) is 5.32 Å². The van der Waals surface area contributed by atoms with Gasteiger partial charge in [-0.3, -0.25) is 4.79 Å². The minimum atomic E-state index is 0.0585. The molecule has 1 aliphatic carbocycles. The summed E-state index contributed by atoms with van der Waals surface area (Å²) in [6, 6.07) is 5.60. The van der Waals surface area contributed by atoms with Gasteiger partial charge in [0.15, 0.2) is 0 Å². The van der Waals surface area contributed by atoms with Gasteiger partial charge in [-0.25, -0.2) is 0 Å². The second-order valence-corrected chi connectivity index (χ2v) is 5.24. The summed E-state index contributed by atoms with van der Waals surface area (Å²) in [4.78, 5) is 11.9. The molecule has 0 heterocycles. The van der Waals surface area contributed by atoms with Crippen LogP contribution in [0, 0.1) is 12.8 Å². The van der Waals surface area contributed by atoms with E-state index in [0.717, 1.165) is 30.7 Å². The summed E-state index contributed by atoms with van der Waals surface area (Å²) in [5.74, 6) is 0.516. The molecule has 19 heavy (non-hydrogen) atoms. The Bertz CT molecular complexity index is 453. The monoisotopic (exact) mass is 262 g/mol. The molecule has 1 amide bonds. The van der Waals surface area contributed by atoms with Crippen molar-refractivity contribution in [1.29, 1.82) is 0 Å². The van der Waals surface area contributed by atoms with Gasteiger partial charge in [-0.2, -0.15) is 0 Å². The Labute approximate surface area is 114 Å². The van der Waals surface area contributed by atoms with Gasteiger partial charge in [0.25, 0.3) is 0 Å². The number of rotatable bonds is 5. The normalized spacial score (nSPS) is 21.8. The van der Waals surface area contributed by atoms with Crippen LogP contribution in [0.1, 0.15) is 31.7 Å². The Balaban J connectivity index is 1.77. The lowest BCUT2D eigenvalue weighted by Gasteiger charge is -2.34. The van der Waals surface area contributed by atoms with Crippen LogP contribution in [0.3, 0.4) is 0 Å². The molecule has 0 spiro atoms. The maximum atomic E-state index is 11.9. The lowest BCUT2D eigenvalue weighted by Crippen LogP contribution is -2.33. The number of anilines is 2. The maximum absolute atomic E-state index is 11.9. The van der Waals surface area contributed by atoms with E-state index in [-0.39, 0.29) is 5.91 Å². The second kappa shape index (κ2) is 6.06. The number of nitrogens with one attached hydrogen (secondary N) is 1. The number of aryl methyl sites for hydroxylation is 1. The average molecular weight is 262 g/mol. The van der Waals surface area contributed by atoms with Gasteiger partial charge in [0.2, 0.25) is 5.91 Å². The molecule has 0 aliphatic heterocycles. The number of carbonyl (C=O) groups excluding carboxylic acids is 1. The topological polar surface area (TPSA) is 64.3 Å². The van der Waals surface area contributed by atoms with Crippen LogP contribution in [0.4, 0.5) is 11.4 Å². The smallest absolute Gasteiger partial charge is 0.224 e. The minimum absolute atomic E-state index is 0.0585. The third-order valence-corrected chi connectivity index (χ3v) is 3.63. The van der Waals surface area contributed by atoms with E-state index in [1.165, 1.54) is 0 Å². The highest BCUT2D eigenvalue weighted by Crippen LogP contribution is 2.32. The van der Waals surface area contributed by atoms with Crippen molar-refractivity contribution in [1.82, 2.24) is 0 Å². The molecule has 0 aromatic heterocycles. The summed E-state index contributed by atoms with van der Waals surface area (Å²) in [7, 11) is 0. The number of benzene rings is 1. The van der Waals surface area contributed by atoms with E-state index in [9.17, 15) is 4.79 Å². The predicted molar refractivity (Wildman–Crippen MR) is 77.0 cm³/mol. The number of hydrogen-bond donors (Lipinski definition) is 2. The van der Waals surface area contributed by atoms with Crippen LogP contribution in [0.15, 0.2) is 18.2 Å². The standard InChI is InChI=1S/C15H22N2O2/c1-3-19-13-6-11(7-13)8-15(18)17-12-5-4-10(2)14(16)9-12/h4-5,9,11,13H,3,6-8,16H2,1-2H3,(H,17,18). The van der Waals surface area contributed by atoms with E-state index in [4.69, 9.17) is 10.5 Å². The molecule has 0 saturated heterocycles. The first kappa shape index (κ1) is 13.9. The highest BCUT2D eigenvalue weighted by Gasteiger charge is 2.30. The lowest BCUT2D eigenvalue weighted by molar-refractivity contribution is -0.119. The zero-order chi connectivity index (χ0) is 13.8. The summed E-state index contributed by atoms with van der Waals surface area (Å²) < 4.78 is 5.49. The Morgan fingerprint density at radius 2 is 2.21 bits per heavy atom. The third kappa shape index (κ3) is 3.70. The molecule has 1 saturated carbocycles. The number of nitrogen functional groups attached to an aromatic ring is 1. The van der Waals surface area contributed by atoms with Crippen molar-refractivity contribution in [2.24, 2.45) is 5.92 Å². The first-order valence-corrected chi connectivity index (χ1v) is 6.86. The van der Waals surface area contributed by atoms with Crippen molar-refractivity contribution in [2.45, 2.75) is 39.2 Å². The van der Waals surface area contributed by atoms with Gasteiger partial charge in [0, 0.05) is 24.4 Å². The first-order chi connectivity index (χ1) is 9.08. The molecule has 2 rings (SSSR count). The molecular weight excluding hydrogens is 240 g/mol. The van der Waals surface area contributed by atoms with Crippen molar-refractivity contribution in [3.63, 3.8) is 0 Å². The van der Waals surface area contributed by atoms with Crippen LogP contribution in [0.25, 0.3) is 0 Å². The zero-order valence-corrected chi connectivity index (χ0v) is 11.6. The summed E-state index contributed by atoms with van der Waals surface area (Å²) in [6.07, 6.45) is 2.92. The van der Waals surface area contributed by atoms with E-state index in [1.54, 1.807) is 6.07 Å². The molecule has 1 aliphatic rings. The van der Waals surface area contributed by atoms with Crippen LogP contribution in [0.5, 0.6) is 0 Å². The molecule has 0 unspecified atom stereocenters. The summed E-state index contributed by atoms with van der Waals surface area (Å²) in [6.45, 7) is 4.71. The van der Waals surface area contributed by atoms with Gasteiger partial charge in [-0.05, 0) is 50.3 Å². The first-order valence-electron chi connectivity index (χ1n) is 6.86. The van der Waals surface area contributed by atoms with Gasteiger partial charge in [-0.1, -0.05) is 6.07 Å². The maximum Gasteiger partial charge on any atom is 0.224 e. The Morgan fingerprint density at radius 1 is 1.47 bits per heavy atom. The highest BCUT2D eigenvalue weighted by atomic mass is 16.5. The molecule has 0 bridgehead atoms. The molecule has 4 nitrogen and oxygen atoms in total. The number of amides is 1. The van der Waals surface area contributed by atoms with E-state index in [0.29, 0.717) is 24.1 Å². The van der Waals surface area contributed by atoms with Crippen LogP contribution >= 0.6 is 0 Å². The van der Waals surface area contributed by atoms with E-state index >= 15 is 0 Å². The van der Waals surface area contributed by atoms with Crippen LogP contribution in [-0.2, 0) is 9.53 Å². The Morgan fingerprint density at radius 3 is 2.84 bits per heavy atom. The highest BCUT2D eigenvalue weighted by molar-refractivity contribution is 5.91. The lowest BCUT2D eigenvalue weighted by atomic mass is 9.80. The third-order valence-electron chi connectivity index (χ3n) is 3.63. The Kier molecular flexibility index (Phi) is 4.43. The minimum Gasteiger partial charge on any atom is -0.398 e. The predicted octanol–water partition coefficient (Wildman–Crippen LogP) is 2.72. The van der Waals surface area contributed by atoms with Crippen LogP contribution in [-0.4, -0.2) is 18.6 Å². The van der Waals surface area contributed by atoms with Gasteiger partial charge in [0.05, 0.1) is 6.10 Å². The fraction of sp³-hybridized carbons (Fsp3) is 0.533. The van der Waals surface area contributed by atoms with Gasteiger partial charge in [0.1, 0.15) is 0 Å². The molecule has 4 heteroatoms. The second-order valence-electron chi connectivity index (χ2n) is 5.24. The number of nitrogens with two attached hydrogens (primary N) is 1. The average Bonchev–Trinajstić information content (AvgIpc) is 2.31. The van der Waals surface area contributed by atoms with Gasteiger partial charge in [-0.15, -0.1) is 0 Å². The van der Waals surface area contributed by atoms with Crippen LogP contribution < -0.4 is 11.1 Å². The van der Waals surface area contributed by atoms with Crippen molar-refractivity contribution < 1.29 is 9.53 Å². The van der Waals surface area contributed by atoms with Crippen LogP contribution in [0.2, 0.25) is 0 Å². The molecule has 0 radical (unpaired) electrons. The van der Waals surface area contributed by atoms with E-state index < -0.39 is 0 Å². The van der Waals surface area contributed by atoms with Gasteiger partial charge >= 0.3 is 0 Å². The number of ether oxygens (including phenoxy) is 1. The SMILES string of the molecule is CCOC1CC(CC(=O)Nc2ccc(C)c(N)c2)C1.